The number of carbonyl (C=O) groups excluding carboxylic acids is 1. The van der Waals surface area contributed by atoms with Crippen LogP contribution in [0.2, 0.25) is 0 Å². The highest BCUT2D eigenvalue weighted by Gasteiger charge is 2.31. The molecule has 0 aromatic carbocycles. The normalized spacial score (nSPS) is 26.1. The molecule has 0 amide bonds. The molecule has 2 heterocycles. The largest absolute Gasteiger partial charge is 0.487 e. The molecule has 0 radical (unpaired) electrons. The summed E-state index contributed by atoms with van der Waals surface area (Å²) in [5.41, 5.74) is 2.24. The summed E-state index contributed by atoms with van der Waals surface area (Å²) in [4.78, 5) is 11.3. The Morgan fingerprint density at radius 3 is 2.82 bits per heavy atom. The minimum Gasteiger partial charge on any atom is -0.487 e. The average Bonchev–Trinajstić information content (AvgIpc) is 2.25. The second-order valence-corrected chi connectivity index (χ2v) is 5.34. The molecule has 0 saturated carbocycles. The molecular formula is C14H16O3. The van der Waals surface area contributed by atoms with Gasteiger partial charge in [-0.3, -0.25) is 4.79 Å². The fourth-order valence-corrected chi connectivity index (χ4v) is 2.50. The van der Waals surface area contributed by atoms with Gasteiger partial charge in [0, 0.05) is 12.8 Å². The molecule has 0 fully saturated rings. The first-order chi connectivity index (χ1) is 8.03. The highest BCUT2D eigenvalue weighted by Crippen LogP contribution is 2.40. The molecule has 2 aliphatic heterocycles. The second-order valence-electron chi connectivity index (χ2n) is 5.34. The molecule has 90 valence electrons. The molecule has 3 nitrogen and oxygen atoms in total. The Bertz CT molecular complexity index is 478. The smallest absolute Gasteiger partial charge is 0.311 e. The minimum atomic E-state index is -0.254. The van der Waals surface area contributed by atoms with E-state index in [1.807, 2.05) is 13.8 Å². The van der Waals surface area contributed by atoms with E-state index in [0.29, 0.717) is 12.8 Å². The lowest BCUT2D eigenvalue weighted by Crippen LogP contribution is -2.27. The van der Waals surface area contributed by atoms with Crippen molar-refractivity contribution in [1.82, 2.24) is 0 Å². The second kappa shape index (κ2) is 3.49. The monoisotopic (exact) mass is 232 g/mol. The quantitative estimate of drug-likeness (QED) is 0.602. The van der Waals surface area contributed by atoms with Crippen molar-refractivity contribution >= 4 is 5.97 Å². The number of carbonyl (C=O) groups is 1. The molecular weight excluding hydrogens is 216 g/mol. The maximum absolute atomic E-state index is 11.3. The van der Waals surface area contributed by atoms with Crippen molar-refractivity contribution in [2.45, 2.75) is 45.1 Å². The summed E-state index contributed by atoms with van der Waals surface area (Å²) in [5, 5.41) is 0. The van der Waals surface area contributed by atoms with Gasteiger partial charge >= 0.3 is 5.97 Å². The summed E-state index contributed by atoms with van der Waals surface area (Å²) < 4.78 is 11.2. The van der Waals surface area contributed by atoms with Crippen LogP contribution in [0.4, 0.5) is 0 Å². The van der Waals surface area contributed by atoms with E-state index in [-0.39, 0.29) is 11.6 Å². The van der Waals surface area contributed by atoms with Crippen LogP contribution < -0.4 is 0 Å². The predicted octanol–water partition coefficient (Wildman–Crippen LogP) is 2.99. The standard InChI is InChI=1S/C14H16O3/c1-14(2)6-5-10-7-9-3-4-13(15)16-11(9)8-12(10)17-14/h5-6H,3-4,7-8H2,1-2H3. The Kier molecular flexibility index (Phi) is 2.18. The summed E-state index contributed by atoms with van der Waals surface area (Å²) >= 11 is 0. The van der Waals surface area contributed by atoms with Crippen molar-refractivity contribution in [2.75, 3.05) is 0 Å². The van der Waals surface area contributed by atoms with Gasteiger partial charge in [-0.25, -0.2) is 0 Å². The van der Waals surface area contributed by atoms with Crippen molar-refractivity contribution in [1.29, 1.82) is 0 Å². The van der Waals surface area contributed by atoms with Crippen LogP contribution in [0.25, 0.3) is 0 Å². The Hall–Kier alpha value is -1.51. The van der Waals surface area contributed by atoms with Crippen LogP contribution in [0.15, 0.2) is 34.8 Å². The van der Waals surface area contributed by atoms with Crippen LogP contribution in [0.1, 0.15) is 39.5 Å². The van der Waals surface area contributed by atoms with E-state index >= 15 is 0 Å². The third kappa shape index (κ3) is 1.90. The van der Waals surface area contributed by atoms with Gasteiger partial charge in [-0.05, 0) is 37.5 Å². The van der Waals surface area contributed by atoms with Gasteiger partial charge in [-0.15, -0.1) is 0 Å². The van der Waals surface area contributed by atoms with E-state index in [1.165, 1.54) is 11.1 Å². The van der Waals surface area contributed by atoms with Gasteiger partial charge in [0.25, 0.3) is 0 Å². The Labute approximate surface area is 101 Å². The lowest BCUT2D eigenvalue weighted by molar-refractivity contribution is -0.141. The van der Waals surface area contributed by atoms with Gasteiger partial charge < -0.3 is 9.47 Å². The number of rotatable bonds is 0. The van der Waals surface area contributed by atoms with Crippen molar-refractivity contribution in [3.05, 3.63) is 34.8 Å². The van der Waals surface area contributed by atoms with Crippen LogP contribution in [0.3, 0.4) is 0 Å². The first kappa shape index (κ1) is 10.6. The lowest BCUT2D eigenvalue weighted by Gasteiger charge is -2.34. The first-order valence-electron chi connectivity index (χ1n) is 6.05. The zero-order valence-electron chi connectivity index (χ0n) is 10.2. The van der Waals surface area contributed by atoms with Crippen LogP contribution in [0, 0.1) is 0 Å². The molecule has 0 aromatic rings. The molecule has 0 unspecified atom stereocenters. The van der Waals surface area contributed by atoms with E-state index in [4.69, 9.17) is 9.47 Å². The molecule has 17 heavy (non-hydrogen) atoms. The zero-order valence-corrected chi connectivity index (χ0v) is 10.2. The van der Waals surface area contributed by atoms with Crippen LogP contribution in [-0.4, -0.2) is 11.6 Å². The van der Waals surface area contributed by atoms with Crippen LogP contribution >= 0.6 is 0 Å². The summed E-state index contributed by atoms with van der Waals surface area (Å²) in [6.07, 6.45) is 7.08. The van der Waals surface area contributed by atoms with Crippen LogP contribution in [-0.2, 0) is 14.3 Å². The van der Waals surface area contributed by atoms with Crippen molar-refractivity contribution in [2.24, 2.45) is 0 Å². The first-order valence-corrected chi connectivity index (χ1v) is 6.05. The fraction of sp³-hybridized carbons (Fsp3) is 0.500. The predicted molar refractivity (Wildman–Crippen MR) is 62.9 cm³/mol. The molecule has 1 aliphatic carbocycles. The van der Waals surface area contributed by atoms with Crippen LogP contribution in [0.5, 0.6) is 0 Å². The van der Waals surface area contributed by atoms with E-state index in [1.54, 1.807) is 0 Å². The fourth-order valence-electron chi connectivity index (χ4n) is 2.50. The van der Waals surface area contributed by atoms with E-state index < -0.39 is 0 Å². The Balaban J connectivity index is 1.86. The summed E-state index contributed by atoms with van der Waals surface area (Å²) in [7, 11) is 0. The number of ether oxygens (including phenoxy) is 2. The number of hydrogen-bond donors (Lipinski definition) is 0. The molecule has 3 heteroatoms. The molecule has 3 rings (SSSR count). The maximum atomic E-state index is 11.3. The molecule has 0 bridgehead atoms. The van der Waals surface area contributed by atoms with Gasteiger partial charge in [0.15, 0.2) is 0 Å². The van der Waals surface area contributed by atoms with E-state index in [0.717, 1.165) is 24.4 Å². The SMILES string of the molecule is CC1(C)C=CC2=C(CC3=C(CCC(=O)O3)C2)O1. The zero-order chi connectivity index (χ0) is 12.0. The molecule has 0 saturated heterocycles. The minimum absolute atomic E-state index is 0.113. The maximum Gasteiger partial charge on any atom is 0.311 e. The molecule has 0 aromatic heterocycles. The summed E-state index contributed by atoms with van der Waals surface area (Å²) in [6, 6.07) is 0. The van der Waals surface area contributed by atoms with Gasteiger partial charge in [0.2, 0.25) is 0 Å². The highest BCUT2D eigenvalue weighted by molar-refractivity contribution is 5.72. The lowest BCUT2D eigenvalue weighted by atomic mass is 9.88. The highest BCUT2D eigenvalue weighted by atomic mass is 16.5. The van der Waals surface area contributed by atoms with Gasteiger partial charge in [0.1, 0.15) is 17.1 Å². The number of hydrogen-bond acceptors (Lipinski definition) is 3. The summed E-state index contributed by atoms with van der Waals surface area (Å²) in [6.45, 7) is 4.06. The molecule has 0 spiro atoms. The molecule has 3 aliphatic rings. The number of esters is 1. The van der Waals surface area contributed by atoms with Crippen molar-refractivity contribution < 1.29 is 14.3 Å². The molecule has 0 N–H and O–H groups in total. The van der Waals surface area contributed by atoms with Gasteiger partial charge in [0.05, 0.1) is 6.42 Å². The van der Waals surface area contributed by atoms with Gasteiger partial charge in [-0.2, -0.15) is 0 Å². The molecule has 0 atom stereocenters. The third-order valence-corrected chi connectivity index (χ3v) is 3.42. The number of allylic oxidation sites excluding steroid dienone is 3. The van der Waals surface area contributed by atoms with E-state index in [9.17, 15) is 4.79 Å². The van der Waals surface area contributed by atoms with Gasteiger partial charge in [-0.1, -0.05) is 6.08 Å². The Morgan fingerprint density at radius 1 is 1.18 bits per heavy atom. The third-order valence-electron chi connectivity index (χ3n) is 3.42. The Morgan fingerprint density at radius 2 is 2.00 bits per heavy atom. The van der Waals surface area contributed by atoms with Crippen molar-refractivity contribution in [3.8, 4) is 0 Å². The van der Waals surface area contributed by atoms with E-state index in [2.05, 4.69) is 12.2 Å². The topological polar surface area (TPSA) is 35.5 Å². The average molecular weight is 232 g/mol. The summed E-state index contributed by atoms with van der Waals surface area (Å²) in [5.74, 6) is 1.68. The van der Waals surface area contributed by atoms with Crippen molar-refractivity contribution in [3.63, 3.8) is 0 Å².